The van der Waals surface area contributed by atoms with Crippen molar-refractivity contribution in [2.45, 2.75) is 26.0 Å². The van der Waals surface area contributed by atoms with E-state index in [1.165, 1.54) is 0 Å². The maximum Gasteiger partial charge on any atom is 0.250 e. The van der Waals surface area contributed by atoms with Gasteiger partial charge in [0.15, 0.2) is 0 Å². The van der Waals surface area contributed by atoms with Crippen LogP contribution in [0, 0.1) is 6.92 Å². The summed E-state index contributed by atoms with van der Waals surface area (Å²) in [6, 6.07) is -0.0586. The molecule has 2 unspecified atom stereocenters. The highest BCUT2D eigenvalue weighted by molar-refractivity contribution is 5.85. The van der Waals surface area contributed by atoms with Crippen LogP contribution in [0.25, 0.3) is 0 Å². The third-order valence-electron chi connectivity index (χ3n) is 3.32. The highest BCUT2D eigenvalue weighted by Gasteiger charge is 2.24. The molecule has 0 saturated carbocycles. The van der Waals surface area contributed by atoms with E-state index in [0.717, 1.165) is 17.8 Å². The number of aromatic nitrogens is 2. The lowest BCUT2D eigenvalue weighted by Crippen LogP contribution is -2.48. The quantitative estimate of drug-likeness (QED) is 0.840. The average molecular weight is 289 g/mol. The number of nitrogens with one attached hydrogen (secondary N) is 2. The Labute approximate surface area is 119 Å². The molecule has 2 N–H and O–H groups in total. The van der Waals surface area contributed by atoms with Crippen LogP contribution in [0.1, 0.15) is 24.2 Å². The van der Waals surface area contributed by atoms with E-state index in [1.54, 1.807) is 10.9 Å². The summed E-state index contributed by atoms with van der Waals surface area (Å²) in [4.78, 5) is 12.0. The van der Waals surface area contributed by atoms with Gasteiger partial charge in [0, 0.05) is 31.4 Å². The number of carbonyl (C=O) groups excluding carboxylic acids is 1. The summed E-state index contributed by atoms with van der Waals surface area (Å²) in [7, 11) is 1.89. The van der Waals surface area contributed by atoms with Gasteiger partial charge in [0.1, 0.15) is 6.10 Å². The SMILES string of the molecule is Cc1c(C(C)NC(=O)C2CNCCO2)cnn1C.Cl. The van der Waals surface area contributed by atoms with Crippen LogP contribution in [0.4, 0.5) is 0 Å². The van der Waals surface area contributed by atoms with Crippen LogP contribution >= 0.6 is 12.4 Å². The van der Waals surface area contributed by atoms with Gasteiger partial charge >= 0.3 is 0 Å². The highest BCUT2D eigenvalue weighted by Crippen LogP contribution is 2.16. The Hall–Kier alpha value is -1.11. The molecule has 1 aromatic rings. The molecule has 7 heteroatoms. The largest absolute Gasteiger partial charge is 0.366 e. The van der Waals surface area contributed by atoms with E-state index in [-0.39, 0.29) is 24.4 Å². The Morgan fingerprint density at radius 3 is 2.95 bits per heavy atom. The Morgan fingerprint density at radius 1 is 1.68 bits per heavy atom. The zero-order valence-electron chi connectivity index (χ0n) is 11.5. The molecule has 1 amide bonds. The lowest BCUT2D eigenvalue weighted by Gasteiger charge is -2.24. The van der Waals surface area contributed by atoms with Crippen molar-refractivity contribution in [3.05, 3.63) is 17.5 Å². The number of hydrogen-bond donors (Lipinski definition) is 2. The first-order valence-corrected chi connectivity index (χ1v) is 6.20. The van der Waals surface area contributed by atoms with Gasteiger partial charge in [-0.2, -0.15) is 5.10 Å². The number of halogens is 1. The van der Waals surface area contributed by atoms with Crippen molar-refractivity contribution in [2.24, 2.45) is 7.05 Å². The fourth-order valence-electron chi connectivity index (χ4n) is 2.06. The summed E-state index contributed by atoms with van der Waals surface area (Å²) in [5.74, 6) is -0.0713. The molecular weight excluding hydrogens is 268 g/mol. The maximum absolute atomic E-state index is 12.0. The predicted octanol–water partition coefficient (Wildman–Crippen LogP) is 0.316. The smallest absolute Gasteiger partial charge is 0.250 e. The molecule has 2 heterocycles. The summed E-state index contributed by atoms with van der Waals surface area (Å²) in [5, 5.41) is 10.3. The number of nitrogens with zero attached hydrogens (tertiary/aromatic N) is 2. The highest BCUT2D eigenvalue weighted by atomic mass is 35.5. The molecule has 108 valence electrons. The zero-order valence-corrected chi connectivity index (χ0v) is 12.3. The molecule has 1 aliphatic rings. The minimum atomic E-state index is -0.391. The third-order valence-corrected chi connectivity index (χ3v) is 3.32. The number of rotatable bonds is 3. The minimum Gasteiger partial charge on any atom is -0.366 e. The van der Waals surface area contributed by atoms with Crippen molar-refractivity contribution in [1.82, 2.24) is 20.4 Å². The van der Waals surface area contributed by atoms with Crippen LogP contribution in [0.5, 0.6) is 0 Å². The number of amides is 1. The normalized spacial score (nSPS) is 20.5. The van der Waals surface area contributed by atoms with Crippen molar-refractivity contribution in [3.63, 3.8) is 0 Å². The lowest BCUT2D eigenvalue weighted by atomic mass is 10.1. The summed E-state index contributed by atoms with van der Waals surface area (Å²) in [6.07, 6.45) is 1.40. The number of hydrogen-bond acceptors (Lipinski definition) is 4. The maximum atomic E-state index is 12.0. The zero-order chi connectivity index (χ0) is 13.1. The van der Waals surface area contributed by atoms with Crippen LogP contribution < -0.4 is 10.6 Å². The average Bonchev–Trinajstić information content (AvgIpc) is 2.71. The first-order chi connectivity index (χ1) is 8.59. The van der Waals surface area contributed by atoms with Crippen LogP contribution in [-0.4, -0.2) is 41.5 Å². The Balaban J connectivity index is 0.00000180. The van der Waals surface area contributed by atoms with Crippen LogP contribution in [0.15, 0.2) is 6.20 Å². The molecular formula is C12H21ClN4O2. The van der Waals surface area contributed by atoms with E-state index in [9.17, 15) is 4.79 Å². The van der Waals surface area contributed by atoms with Gasteiger partial charge in [-0.25, -0.2) is 0 Å². The Kier molecular flexibility index (Phi) is 5.78. The molecule has 19 heavy (non-hydrogen) atoms. The van der Waals surface area contributed by atoms with Crippen molar-refractivity contribution < 1.29 is 9.53 Å². The second-order valence-corrected chi connectivity index (χ2v) is 4.60. The van der Waals surface area contributed by atoms with E-state index < -0.39 is 6.10 Å². The molecule has 6 nitrogen and oxygen atoms in total. The van der Waals surface area contributed by atoms with Gasteiger partial charge in [-0.05, 0) is 13.8 Å². The Morgan fingerprint density at radius 2 is 2.42 bits per heavy atom. The summed E-state index contributed by atoms with van der Waals surface area (Å²) >= 11 is 0. The van der Waals surface area contributed by atoms with Crippen molar-refractivity contribution in [1.29, 1.82) is 0 Å². The van der Waals surface area contributed by atoms with Gasteiger partial charge in [-0.15, -0.1) is 12.4 Å². The number of ether oxygens (including phenoxy) is 1. The van der Waals surface area contributed by atoms with Gasteiger partial charge < -0.3 is 15.4 Å². The molecule has 2 rings (SSSR count). The van der Waals surface area contributed by atoms with Gasteiger partial charge in [-0.1, -0.05) is 0 Å². The second kappa shape index (κ2) is 6.88. The summed E-state index contributed by atoms with van der Waals surface area (Å²) in [6.45, 7) is 5.91. The minimum absolute atomic E-state index is 0. The number of morpholine rings is 1. The number of carbonyl (C=O) groups is 1. The van der Waals surface area contributed by atoms with E-state index in [2.05, 4.69) is 15.7 Å². The van der Waals surface area contributed by atoms with Crippen molar-refractivity contribution in [2.75, 3.05) is 19.7 Å². The molecule has 0 radical (unpaired) electrons. The van der Waals surface area contributed by atoms with E-state index in [0.29, 0.717) is 13.2 Å². The predicted molar refractivity (Wildman–Crippen MR) is 74.4 cm³/mol. The summed E-state index contributed by atoms with van der Waals surface area (Å²) in [5.41, 5.74) is 2.10. The van der Waals surface area contributed by atoms with Crippen LogP contribution in [0.2, 0.25) is 0 Å². The van der Waals surface area contributed by atoms with E-state index in [4.69, 9.17) is 4.74 Å². The monoisotopic (exact) mass is 288 g/mol. The molecule has 1 aromatic heterocycles. The first kappa shape index (κ1) is 15.9. The molecule has 0 aromatic carbocycles. The second-order valence-electron chi connectivity index (χ2n) is 4.60. The molecule has 0 bridgehead atoms. The van der Waals surface area contributed by atoms with Crippen LogP contribution in [-0.2, 0) is 16.6 Å². The third kappa shape index (κ3) is 3.68. The molecule has 1 saturated heterocycles. The molecule has 0 spiro atoms. The topological polar surface area (TPSA) is 68.2 Å². The van der Waals surface area contributed by atoms with Crippen molar-refractivity contribution >= 4 is 18.3 Å². The first-order valence-electron chi connectivity index (χ1n) is 6.20. The molecule has 0 aliphatic carbocycles. The standard InChI is InChI=1S/C12H20N4O2.ClH/c1-8(10-6-14-16(3)9(10)2)15-12(17)11-7-13-4-5-18-11;/h6,8,11,13H,4-5,7H2,1-3H3,(H,15,17);1H. The van der Waals surface area contributed by atoms with Gasteiger partial charge in [-0.3, -0.25) is 9.48 Å². The fraction of sp³-hybridized carbons (Fsp3) is 0.667. The van der Waals surface area contributed by atoms with Gasteiger partial charge in [0.2, 0.25) is 0 Å². The van der Waals surface area contributed by atoms with Gasteiger partial charge in [0.25, 0.3) is 5.91 Å². The van der Waals surface area contributed by atoms with E-state index >= 15 is 0 Å². The molecule has 1 aliphatic heterocycles. The van der Waals surface area contributed by atoms with Gasteiger partial charge in [0.05, 0.1) is 18.8 Å². The van der Waals surface area contributed by atoms with E-state index in [1.807, 2.05) is 20.9 Å². The molecule has 1 fully saturated rings. The molecule has 2 atom stereocenters. The number of aryl methyl sites for hydroxylation is 1. The summed E-state index contributed by atoms with van der Waals surface area (Å²) < 4.78 is 7.22. The fourth-order valence-corrected chi connectivity index (χ4v) is 2.06. The Bertz CT molecular complexity index is 429. The lowest BCUT2D eigenvalue weighted by molar-refractivity contribution is -0.134. The van der Waals surface area contributed by atoms with Crippen LogP contribution in [0.3, 0.4) is 0 Å². The van der Waals surface area contributed by atoms with Crippen molar-refractivity contribution in [3.8, 4) is 0 Å².